The third-order valence-corrected chi connectivity index (χ3v) is 9.01. The summed E-state index contributed by atoms with van der Waals surface area (Å²) in [6.07, 6.45) is 11.0. The Morgan fingerprint density at radius 3 is 2.53 bits per heavy atom. The van der Waals surface area contributed by atoms with Crippen molar-refractivity contribution in [2.45, 2.75) is 38.0 Å². The van der Waals surface area contributed by atoms with Gasteiger partial charge in [-0.15, -0.1) is 0 Å². The van der Waals surface area contributed by atoms with Gasteiger partial charge in [0.05, 0.1) is 21.1 Å². The lowest BCUT2D eigenvalue weighted by atomic mass is 9.63. The quantitative estimate of drug-likeness (QED) is 0.284. The fraction of sp³-hybridized carbons (Fsp3) is 0.345. The second-order valence-electron chi connectivity index (χ2n) is 10.9. The van der Waals surface area contributed by atoms with Gasteiger partial charge in [-0.3, -0.25) is 0 Å². The molecule has 38 heavy (non-hydrogen) atoms. The van der Waals surface area contributed by atoms with Crippen LogP contribution < -0.4 is 4.90 Å². The van der Waals surface area contributed by atoms with Gasteiger partial charge < -0.3 is 19.1 Å². The Morgan fingerprint density at radius 2 is 1.87 bits per heavy atom. The Labute approximate surface area is 229 Å². The summed E-state index contributed by atoms with van der Waals surface area (Å²) in [5.74, 6) is 1.34. The van der Waals surface area contributed by atoms with Gasteiger partial charge in [0.15, 0.2) is 0 Å². The van der Waals surface area contributed by atoms with Crippen LogP contribution in [0.4, 0.5) is 5.82 Å². The average Bonchev–Trinajstić information content (AvgIpc) is 3.56. The molecule has 194 valence electrons. The number of piperidine rings is 1. The first kappa shape index (κ1) is 23.8. The summed E-state index contributed by atoms with van der Waals surface area (Å²) in [4.78, 5) is 18.5. The van der Waals surface area contributed by atoms with Gasteiger partial charge in [0.2, 0.25) is 0 Å². The summed E-state index contributed by atoms with van der Waals surface area (Å²) in [7, 11) is 1.87. The molecule has 1 saturated heterocycles. The summed E-state index contributed by atoms with van der Waals surface area (Å²) >= 11 is 13.1. The molecule has 0 unspecified atom stereocenters. The van der Waals surface area contributed by atoms with Crippen LogP contribution >= 0.6 is 23.2 Å². The minimum absolute atomic E-state index is 0.150. The van der Waals surface area contributed by atoms with Crippen LogP contribution in [0.3, 0.4) is 0 Å². The SMILES string of the molecule is Cn1cc(C(=O)O)c2cnc(N3CCC4(C=C(c5c(-c6c(Cl)cccc6Cl)noc5C5CC5)C4)CC3)cc21. The maximum atomic E-state index is 11.6. The number of carboxylic acid groups (broad SMARTS) is 1. The summed E-state index contributed by atoms with van der Waals surface area (Å²) < 4.78 is 7.75. The van der Waals surface area contributed by atoms with E-state index in [9.17, 15) is 9.90 Å². The van der Waals surface area contributed by atoms with Gasteiger partial charge >= 0.3 is 5.97 Å². The molecule has 0 radical (unpaired) electrons. The lowest BCUT2D eigenvalue weighted by Gasteiger charge is -2.46. The summed E-state index contributed by atoms with van der Waals surface area (Å²) in [6.45, 7) is 1.78. The van der Waals surface area contributed by atoms with Crippen molar-refractivity contribution in [1.29, 1.82) is 0 Å². The summed E-state index contributed by atoms with van der Waals surface area (Å²) in [5.41, 5.74) is 5.16. The van der Waals surface area contributed by atoms with Crippen LogP contribution in [0.1, 0.15) is 59.7 Å². The molecule has 1 aliphatic heterocycles. The zero-order valence-electron chi connectivity index (χ0n) is 20.9. The minimum atomic E-state index is -0.935. The van der Waals surface area contributed by atoms with E-state index < -0.39 is 5.97 Å². The zero-order chi connectivity index (χ0) is 26.2. The smallest absolute Gasteiger partial charge is 0.337 e. The van der Waals surface area contributed by atoms with Crippen molar-refractivity contribution in [2.75, 3.05) is 18.0 Å². The third-order valence-electron chi connectivity index (χ3n) is 8.38. The van der Waals surface area contributed by atoms with E-state index >= 15 is 0 Å². The normalized spacial score (nSPS) is 18.6. The highest BCUT2D eigenvalue weighted by Gasteiger charge is 2.44. The van der Waals surface area contributed by atoms with Gasteiger partial charge in [0.25, 0.3) is 0 Å². The number of carbonyl (C=O) groups is 1. The first-order chi connectivity index (χ1) is 18.3. The monoisotopic (exact) mass is 548 g/mol. The molecular weight excluding hydrogens is 523 g/mol. The lowest BCUT2D eigenvalue weighted by Crippen LogP contribution is -2.42. The van der Waals surface area contributed by atoms with Crippen LogP contribution in [0.2, 0.25) is 10.0 Å². The number of pyridine rings is 1. The van der Waals surface area contributed by atoms with Crippen molar-refractivity contribution >= 4 is 51.5 Å². The number of nitrogens with zero attached hydrogens (tertiary/aromatic N) is 4. The first-order valence-electron chi connectivity index (χ1n) is 12.9. The zero-order valence-corrected chi connectivity index (χ0v) is 22.4. The number of anilines is 1. The van der Waals surface area contributed by atoms with Crippen LogP contribution in [0.15, 0.2) is 47.3 Å². The van der Waals surface area contributed by atoms with E-state index in [0.717, 1.165) is 79.1 Å². The molecule has 7 rings (SSSR count). The van der Waals surface area contributed by atoms with E-state index in [2.05, 4.69) is 21.1 Å². The lowest BCUT2D eigenvalue weighted by molar-refractivity contribution is 0.0698. The highest BCUT2D eigenvalue weighted by atomic mass is 35.5. The van der Waals surface area contributed by atoms with E-state index in [0.29, 0.717) is 21.3 Å². The van der Waals surface area contributed by atoms with Crippen LogP contribution in [-0.2, 0) is 7.05 Å². The number of halogens is 2. The van der Waals surface area contributed by atoms with Crippen molar-refractivity contribution < 1.29 is 14.4 Å². The number of aromatic carboxylic acids is 1. The van der Waals surface area contributed by atoms with E-state index in [1.165, 1.54) is 5.57 Å². The second kappa shape index (κ2) is 8.61. The van der Waals surface area contributed by atoms with E-state index in [1.807, 2.05) is 35.9 Å². The minimum Gasteiger partial charge on any atom is -0.478 e. The number of allylic oxidation sites excluding steroid dienone is 2. The Morgan fingerprint density at radius 1 is 1.16 bits per heavy atom. The number of fused-ring (bicyclic) bond motifs is 1. The summed E-state index contributed by atoms with van der Waals surface area (Å²) in [6, 6.07) is 7.53. The average molecular weight is 549 g/mol. The van der Waals surface area contributed by atoms with E-state index in [1.54, 1.807) is 12.4 Å². The second-order valence-corrected chi connectivity index (χ2v) is 11.7. The number of hydrogen-bond donors (Lipinski definition) is 1. The fourth-order valence-electron chi connectivity index (χ4n) is 6.12. The van der Waals surface area contributed by atoms with Gasteiger partial charge in [0, 0.05) is 61.0 Å². The molecule has 1 saturated carbocycles. The number of aryl methyl sites for hydroxylation is 1. The number of rotatable bonds is 5. The number of carboxylic acids is 1. The van der Waals surface area contributed by atoms with E-state index in [4.69, 9.17) is 27.7 Å². The van der Waals surface area contributed by atoms with Gasteiger partial charge in [-0.2, -0.15) is 0 Å². The summed E-state index contributed by atoms with van der Waals surface area (Å²) in [5, 5.41) is 15.8. The van der Waals surface area contributed by atoms with Gasteiger partial charge in [-0.05, 0) is 55.2 Å². The number of benzene rings is 1. The molecule has 9 heteroatoms. The van der Waals surface area contributed by atoms with Crippen LogP contribution in [-0.4, -0.2) is 38.9 Å². The Bertz CT molecular complexity index is 1620. The molecule has 7 nitrogen and oxygen atoms in total. The number of hydrogen-bond acceptors (Lipinski definition) is 5. The largest absolute Gasteiger partial charge is 0.478 e. The Kier molecular flexibility index (Phi) is 5.39. The van der Waals surface area contributed by atoms with Crippen LogP contribution in [0.5, 0.6) is 0 Å². The highest BCUT2D eigenvalue weighted by Crippen LogP contribution is 2.56. The van der Waals surface area contributed by atoms with Crippen molar-refractivity contribution in [3.8, 4) is 11.3 Å². The molecule has 3 aliphatic rings. The first-order valence-corrected chi connectivity index (χ1v) is 13.7. The molecule has 1 N–H and O–H groups in total. The van der Waals surface area contributed by atoms with Crippen LogP contribution in [0.25, 0.3) is 27.7 Å². The number of aromatic nitrogens is 3. The van der Waals surface area contributed by atoms with Gasteiger partial charge in [-0.1, -0.05) is 40.5 Å². The molecule has 0 amide bonds. The van der Waals surface area contributed by atoms with Gasteiger partial charge in [-0.25, -0.2) is 9.78 Å². The van der Waals surface area contributed by atoms with Crippen molar-refractivity contribution in [3.05, 3.63) is 69.7 Å². The fourth-order valence-corrected chi connectivity index (χ4v) is 6.70. The van der Waals surface area contributed by atoms with E-state index in [-0.39, 0.29) is 11.0 Å². The van der Waals surface area contributed by atoms with Crippen molar-refractivity contribution in [2.24, 2.45) is 12.5 Å². The van der Waals surface area contributed by atoms with Gasteiger partial charge in [0.1, 0.15) is 17.3 Å². The highest BCUT2D eigenvalue weighted by molar-refractivity contribution is 6.39. The predicted molar refractivity (Wildman–Crippen MR) is 148 cm³/mol. The topological polar surface area (TPSA) is 84.4 Å². The molecular formula is C29H26Cl2N4O3. The third kappa shape index (κ3) is 3.75. The molecule has 0 atom stereocenters. The Balaban J connectivity index is 1.14. The molecule has 4 aromatic rings. The predicted octanol–water partition coefficient (Wildman–Crippen LogP) is 7.18. The molecule has 2 fully saturated rings. The molecule has 1 aromatic carbocycles. The molecule has 3 aromatic heterocycles. The van der Waals surface area contributed by atoms with Crippen molar-refractivity contribution in [3.63, 3.8) is 0 Å². The van der Waals surface area contributed by atoms with Crippen molar-refractivity contribution in [1.82, 2.24) is 14.7 Å². The maximum absolute atomic E-state index is 11.6. The molecule has 4 heterocycles. The molecule has 0 bridgehead atoms. The Hall–Kier alpha value is -3.29. The van der Waals surface area contributed by atoms with Crippen LogP contribution in [0, 0.1) is 5.41 Å². The molecule has 1 spiro atoms. The standard InChI is InChI=1S/C29H26Cl2N4O3/c1-34-15-19(28(36)37)18-14-32-23(11-22(18)34)35-9-7-29(8-10-35)12-17(13-29)24-26(33-38-27(24)16-5-6-16)25-20(30)3-2-4-21(25)31/h2-4,11-12,14-16H,5-10,13H2,1H3,(H,36,37). The molecule has 2 aliphatic carbocycles. The maximum Gasteiger partial charge on any atom is 0.337 e.